The number of ether oxygens (including phenoxy) is 2. The SMILES string of the molecule is CCOCCCNc1ncnc(NC)c1OC. The van der Waals surface area contributed by atoms with Gasteiger partial charge in [-0.05, 0) is 13.3 Å². The molecule has 1 rings (SSSR count). The molecule has 0 aliphatic carbocycles. The minimum Gasteiger partial charge on any atom is -0.490 e. The van der Waals surface area contributed by atoms with Gasteiger partial charge in [-0.2, -0.15) is 0 Å². The van der Waals surface area contributed by atoms with Gasteiger partial charge in [0.25, 0.3) is 0 Å². The number of nitrogens with zero attached hydrogens (tertiary/aromatic N) is 2. The molecule has 0 radical (unpaired) electrons. The van der Waals surface area contributed by atoms with Crippen LogP contribution in [0.1, 0.15) is 13.3 Å². The molecule has 0 unspecified atom stereocenters. The van der Waals surface area contributed by atoms with E-state index >= 15 is 0 Å². The Hall–Kier alpha value is -1.56. The number of hydrogen-bond donors (Lipinski definition) is 2. The lowest BCUT2D eigenvalue weighted by Gasteiger charge is -2.12. The summed E-state index contributed by atoms with van der Waals surface area (Å²) >= 11 is 0. The van der Waals surface area contributed by atoms with Crippen LogP contribution in [-0.2, 0) is 4.74 Å². The first-order valence-corrected chi connectivity index (χ1v) is 5.71. The second-order valence-electron chi connectivity index (χ2n) is 3.33. The summed E-state index contributed by atoms with van der Waals surface area (Å²) in [5.74, 6) is 2.00. The second kappa shape index (κ2) is 7.67. The maximum atomic E-state index is 5.26. The molecule has 0 amide bonds. The quantitative estimate of drug-likeness (QED) is 0.669. The molecular weight excluding hydrogens is 220 g/mol. The molecule has 0 aromatic carbocycles. The average Bonchev–Trinajstić information content (AvgIpc) is 2.38. The number of anilines is 2. The Morgan fingerprint density at radius 1 is 1.29 bits per heavy atom. The molecule has 0 aliphatic rings. The average molecular weight is 240 g/mol. The lowest BCUT2D eigenvalue weighted by Crippen LogP contribution is -2.09. The Morgan fingerprint density at radius 3 is 2.71 bits per heavy atom. The van der Waals surface area contributed by atoms with Gasteiger partial charge < -0.3 is 20.1 Å². The van der Waals surface area contributed by atoms with Crippen molar-refractivity contribution in [1.29, 1.82) is 0 Å². The molecule has 6 heteroatoms. The van der Waals surface area contributed by atoms with Gasteiger partial charge in [0.1, 0.15) is 6.33 Å². The summed E-state index contributed by atoms with van der Waals surface area (Å²) in [6.45, 7) is 4.27. The van der Waals surface area contributed by atoms with Crippen LogP contribution in [-0.4, -0.2) is 43.9 Å². The number of rotatable bonds is 8. The molecule has 0 saturated carbocycles. The van der Waals surface area contributed by atoms with E-state index in [1.54, 1.807) is 14.2 Å². The van der Waals surface area contributed by atoms with Gasteiger partial charge in [0.2, 0.25) is 5.75 Å². The highest BCUT2D eigenvalue weighted by atomic mass is 16.5. The maximum Gasteiger partial charge on any atom is 0.204 e. The molecule has 17 heavy (non-hydrogen) atoms. The highest BCUT2D eigenvalue weighted by Gasteiger charge is 2.09. The standard InChI is InChI=1S/C11H20N4O2/c1-4-17-7-5-6-13-11-9(16-3)10(12-2)14-8-15-11/h8H,4-7H2,1-3H3,(H2,12,13,14,15). The zero-order valence-corrected chi connectivity index (χ0v) is 10.6. The molecule has 2 N–H and O–H groups in total. The lowest BCUT2D eigenvalue weighted by atomic mass is 10.4. The second-order valence-corrected chi connectivity index (χ2v) is 3.33. The number of nitrogens with one attached hydrogen (secondary N) is 2. The van der Waals surface area contributed by atoms with Crippen molar-refractivity contribution in [2.24, 2.45) is 0 Å². The molecule has 6 nitrogen and oxygen atoms in total. The summed E-state index contributed by atoms with van der Waals surface area (Å²) in [5, 5.41) is 6.16. The summed E-state index contributed by atoms with van der Waals surface area (Å²) < 4.78 is 10.5. The summed E-state index contributed by atoms with van der Waals surface area (Å²) in [5.41, 5.74) is 0. The van der Waals surface area contributed by atoms with Crippen LogP contribution in [0.2, 0.25) is 0 Å². The van der Waals surface area contributed by atoms with Gasteiger partial charge in [0.15, 0.2) is 11.6 Å². The fourth-order valence-electron chi connectivity index (χ4n) is 1.40. The van der Waals surface area contributed by atoms with Crippen molar-refractivity contribution in [3.05, 3.63) is 6.33 Å². The van der Waals surface area contributed by atoms with Crippen LogP contribution >= 0.6 is 0 Å². The number of methoxy groups -OCH3 is 1. The van der Waals surface area contributed by atoms with Crippen molar-refractivity contribution < 1.29 is 9.47 Å². The van der Waals surface area contributed by atoms with Crippen molar-refractivity contribution in [2.45, 2.75) is 13.3 Å². The normalized spacial score (nSPS) is 10.1. The van der Waals surface area contributed by atoms with Crippen LogP contribution in [0.5, 0.6) is 5.75 Å². The third-order valence-electron chi connectivity index (χ3n) is 2.21. The van der Waals surface area contributed by atoms with Gasteiger partial charge in [-0.3, -0.25) is 0 Å². The highest BCUT2D eigenvalue weighted by Crippen LogP contribution is 2.28. The van der Waals surface area contributed by atoms with E-state index in [0.29, 0.717) is 17.4 Å². The first kappa shape index (κ1) is 13.5. The Bertz CT molecular complexity index is 333. The van der Waals surface area contributed by atoms with E-state index in [0.717, 1.165) is 26.2 Å². The monoisotopic (exact) mass is 240 g/mol. The van der Waals surface area contributed by atoms with Gasteiger partial charge in [-0.1, -0.05) is 0 Å². The molecule has 1 aromatic rings. The molecule has 1 heterocycles. The van der Waals surface area contributed by atoms with Crippen LogP contribution in [0, 0.1) is 0 Å². The van der Waals surface area contributed by atoms with E-state index in [1.165, 1.54) is 6.33 Å². The fourth-order valence-corrected chi connectivity index (χ4v) is 1.40. The van der Waals surface area contributed by atoms with Crippen LogP contribution in [0.3, 0.4) is 0 Å². The topological polar surface area (TPSA) is 68.3 Å². The molecule has 0 atom stereocenters. The number of hydrogen-bond acceptors (Lipinski definition) is 6. The van der Waals surface area contributed by atoms with E-state index in [-0.39, 0.29) is 0 Å². The van der Waals surface area contributed by atoms with Crippen molar-refractivity contribution >= 4 is 11.6 Å². The minimum absolute atomic E-state index is 0.631. The third kappa shape index (κ3) is 4.07. The summed E-state index contributed by atoms with van der Waals surface area (Å²) in [4.78, 5) is 8.22. The molecule has 0 saturated heterocycles. The first-order chi connectivity index (χ1) is 8.33. The summed E-state index contributed by atoms with van der Waals surface area (Å²) in [7, 11) is 3.40. The van der Waals surface area contributed by atoms with Gasteiger partial charge >= 0.3 is 0 Å². The Kier molecular flexibility index (Phi) is 6.09. The van der Waals surface area contributed by atoms with Crippen molar-refractivity contribution in [3.8, 4) is 5.75 Å². The van der Waals surface area contributed by atoms with Gasteiger partial charge in [-0.15, -0.1) is 0 Å². The molecule has 96 valence electrons. The van der Waals surface area contributed by atoms with Crippen molar-refractivity contribution in [2.75, 3.05) is 44.5 Å². The predicted molar refractivity (Wildman–Crippen MR) is 67.7 cm³/mol. The van der Waals surface area contributed by atoms with Crippen LogP contribution in [0.25, 0.3) is 0 Å². The summed E-state index contributed by atoms with van der Waals surface area (Å²) in [6, 6.07) is 0. The van der Waals surface area contributed by atoms with E-state index in [9.17, 15) is 0 Å². The van der Waals surface area contributed by atoms with Gasteiger partial charge in [-0.25, -0.2) is 9.97 Å². The molecule has 0 fully saturated rings. The van der Waals surface area contributed by atoms with Crippen molar-refractivity contribution in [3.63, 3.8) is 0 Å². The first-order valence-electron chi connectivity index (χ1n) is 5.71. The predicted octanol–water partition coefficient (Wildman–Crippen LogP) is 1.37. The zero-order chi connectivity index (χ0) is 12.5. The smallest absolute Gasteiger partial charge is 0.204 e. The Morgan fingerprint density at radius 2 is 2.06 bits per heavy atom. The Balaban J connectivity index is 2.52. The largest absolute Gasteiger partial charge is 0.490 e. The van der Waals surface area contributed by atoms with Gasteiger partial charge in [0.05, 0.1) is 7.11 Å². The number of aromatic nitrogens is 2. The Labute approximate surface area is 102 Å². The van der Waals surface area contributed by atoms with E-state index in [2.05, 4.69) is 20.6 Å². The zero-order valence-electron chi connectivity index (χ0n) is 10.6. The van der Waals surface area contributed by atoms with E-state index < -0.39 is 0 Å². The maximum absolute atomic E-state index is 5.26. The van der Waals surface area contributed by atoms with Crippen LogP contribution < -0.4 is 15.4 Å². The van der Waals surface area contributed by atoms with Crippen molar-refractivity contribution in [1.82, 2.24) is 9.97 Å². The molecule has 0 bridgehead atoms. The molecule has 0 aliphatic heterocycles. The molecular formula is C11H20N4O2. The summed E-state index contributed by atoms with van der Waals surface area (Å²) in [6.07, 6.45) is 2.43. The highest BCUT2D eigenvalue weighted by molar-refractivity contribution is 5.63. The minimum atomic E-state index is 0.631. The van der Waals surface area contributed by atoms with Gasteiger partial charge in [0, 0.05) is 26.8 Å². The van der Waals surface area contributed by atoms with E-state index in [1.807, 2.05) is 6.92 Å². The lowest BCUT2D eigenvalue weighted by molar-refractivity contribution is 0.147. The molecule has 0 spiro atoms. The van der Waals surface area contributed by atoms with Crippen LogP contribution in [0.4, 0.5) is 11.6 Å². The fraction of sp³-hybridized carbons (Fsp3) is 0.636. The third-order valence-corrected chi connectivity index (χ3v) is 2.21. The van der Waals surface area contributed by atoms with Crippen LogP contribution in [0.15, 0.2) is 6.33 Å². The molecule has 1 aromatic heterocycles. The van der Waals surface area contributed by atoms with E-state index in [4.69, 9.17) is 9.47 Å².